The molecule has 0 N–H and O–H groups in total. The zero-order valence-corrected chi connectivity index (χ0v) is 10.5. The van der Waals surface area contributed by atoms with E-state index in [1.54, 1.807) is 4.90 Å². The molecule has 0 spiro atoms. The summed E-state index contributed by atoms with van der Waals surface area (Å²) in [5.74, 6) is -0.651. The van der Waals surface area contributed by atoms with Crippen molar-refractivity contribution in [1.29, 1.82) is 0 Å². The molecule has 1 aromatic rings. The largest absolute Gasteiger partial charge is 0.363 e. The maximum absolute atomic E-state index is 13.7. The third kappa shape index (κ3) is 2.38. The average Bonchev–Trinajstić information content (AvgIpc) is 2.32. The summed E-state index contributed by atoms with van der Waals surface area (Å²) in [7, 11) is 0. The van der Waals surface area contributed by atoms with Gasteiger partial charge in [0.2, 0.25) is 0 Å². The second-order valence-electron chi connectivity index (χ2n) is 3.70. The Kier molecular flexibility index (Phi) is 3.56. The van der Waals surface area contributed by atoms with Crippen molar-refractivity contribution in [3.05, 3.63) is 33.2 Å². The average molecular weight is 303 g/mol. The topological polar surface area (TPSA) is 59.3 Å². The minimum absolute atomic E-state index is 0.0324. The van der Waals surface area contributed by atoms with Crippen molar-refractivity contribution in [2.24, 2.45) is 0 Å². The molecule has 91 valence electrons. The predicted octanol–water partition coefficient (Wildman–Crippen LogP) is 2.70. The molecule has 17 heavy (non-hydrogen) atoms. The number of hydrogen-bond acceptors (Lipinski definition) is 4. The second kappa shape index (κ2) is 4.95. The number of halogens is 2. The van der Waals surface area contributed by atoms with E-state index in [9.17, 15) is 14.5 Å². The molecule has 1 aromatic heterocycles. The van der Waals surface area contributed by atoms with E-state index in [2.05, 4.69) is 27.3 Å². The first kappa shape index (κ1) is 12.2. The Morgan fingerprint density at radius 1 is 1.47 bits per heavy atom. The number of nitro groups is 1. The van der Waals surface area contributed by atoms with Gasteiger partial charge in [0.05, 0.1) is 11.1 Å². The Bertz CT molecular complexity index is 449. The molecule has 1 saturated heterocycles. The molecular weight excluding hydrogens is 293 g/mol. The highest BCUT2D eigenvalue weighted by atomic mass is 79.9. The first-order valence-electron chi connectivity index (χ1n) is 5.16. The lowest BCUT2D eigenvalue weighted by Gasteiger charge is -2.28. The van der Waals surface area contributed by atoms with Crippen LogP contribution in [0.15, 0.2) is 10.8 Å². The fourth-order valence-electron chi connectivity index (χ4n) is 1.88. The molecule has 0 aromatic carbocycles. The smallest absolute Gasteiger partial charge is 0.328 e. The lowest BCUT2D eigenvalue weighted by atomic mass is 10.1. The molecular formula is C10H10BrFN3O2. The summed E-state index contributed by atoms with van der Waals surface area (Å²) in [6.45, 7) is 1.18. The van der Waals surface area contributed by atoms with E-state index >= 15 is 0 Å². The van der Waals surface area contributed by atoms with Crippen LogP contribution in [0, 0.1) is 22.4 Å². The molecule has 0 atom stereocenters. The third-order valence-electron chi connectivity index (χ3n) is 2.64. The van der Waals surface area contributed by atoms with E-state index in [0.717, 1.165) is 19.0 Å². The molecule has 2 heterocycles. The van der Waals surface area contributed by atoms with Gasteiger partial charge >= 0.3 is 5.69 Å². The number of rotatable bonds is 2. The summed E-state index contributed by atoms with van der Waals surface area (Å²) in [4.78, 5) is 15.7. The maximum atomic E-state index is 13.7. The van der Waals surface area contributed by atoms with Crippen LogP contribution in [0.5, 0.6) is 0 Å². The summed E-state index contributed by atoms with van der Waals surface area (Å²) >= 11 is 2.99. The zero-order valence-electron chi connectivity index (χ0n) is 8.90. The van der Waals surface area contributed by atoms with Gasteiger partial charge in [0, 0.05) is 13.1 Å². The Morgan fingerprint density at radius 3 is 2.71 bits per heavy atom. The van der Waals surface area contributed by atoms with Gasteiger partial charge in [-0.2, -0.15) is 0 Å². The molecule has 0 aliphatic carbocycles. The quantitative estimate of drug-likeness (QED) is 0.479. The van der Waals surface area contributed by atoms with Gasteiger partial charge in [0.15, 0.2) is 16.1 Å². The van der Waals surface area contributed by atoms with E-state index in [-0.39, 0.29) is 16.0 Å². The number of pyridine rings is 1. The van der Waals surface area contributed by atoms with Crippen molar-refractivity contribution in [3.63, 3.8) is 0 Å². The van der Waals surface area contributed by atoms with Crippen molar-refractivity contribution in [2.75, 3.05) is 18.0 Å². The Balaban J connectivity index is 2.49. The van der Waals surface area contributed by atoms with Gasteiger partial charge in [-0.3, -0.25) is 10.1 Å². The Labute approximate surface area is 106 Å². The van der Waals surface area contributed by atoms with Gasteiger partial charge in [-0.15, -0.1) is 0 Å². The van der Waals surface area contributed by atoms with Crippen LogP contribution in [0.3, 0.4) is 0 Å². The van der Waals surface area contributed by atoms with Crippen LogP contribution in [-0.4, -0.2) is 23.0 Å². The predicted molar refractivity (Wildman–Crippen MR) is 64.3 cm³/mol. The van der Waals surface area contributed by atoms with Gasteiger partial charge < -0.3 is 4.90 Å². The van der Waals surface area contributed by atoms with Crippen LogP contribution in [-0.2, 0) is 0 Å². The van der Waals surface area contributed by atoms with Crippen LogP contribution < -0.4 is 4.90 Å². The Hall–Kier alpha value is -1.24. The summed E-state index contributed by atoms with van der Waals surface area (Å²) in [5.41, 5.74) is -0.267. The maximum Gasteiger partial charge on any atom is 0.328 e. The molecule has 1 aliphatic rings. The summed E-state index contributed by atoms with van der Waals surface area (Å²) in [5, 5.41) is 11.0. The number of hydrogen-bond donors (Lipinski definition) is 0. The second-order valence-corrected chi connectivity index (χ2v) is 4.46. The first-order chi connectivity index (χ1) is 8.11. The van der Waals surface area contributed by atoms with E-state index in [4.69, 9.17) is 0 Å². The summed E-state index contributed by atoms with van der Waals surface area (Å²) < 4.78 is 13.8. The van der Waals surface area contributed by atoms with Gasteiger partial charge in [-0.25, -0.2) is 9.37 Å². The molecule has 1 fully saturated rings. The van der Waals surface area contributed by atoms with E-state index in [0.29, 0.717) is 13.1 Å². The van der Waals surface area contributed by atoms with E-state index in [1.165, 1.54) is 0 Å². The molecule has 2 rings (SSSR count). The van der Waals surface area contributed by atoms with Crippen LogP contribution in [0.25, 0.3) is 0 Å². The molecule has 0 saturated carbocycles. The van der Waals surface area contributed by atoms with Crippen molar-refractivity contribution in [1.82, 2.24) is 4.98 Å². The SMILES string of the molecule is O=[N+]([O-])c1c(Br)ncc(F)c1N1CC[CH]CC1. The van der Waals surface area contributed by atoms with Crippen molar-refractivity contribution >= 4 is 27.3 Å². The zero-order chi connectivity index (χ0) is 12.4. The minimum atomic E-state index is -0.651. The van der Waals surface area contributed by atoms with Crippen LogP contribution in [0.2, 0.25) is 0 Å². The third-order valence-corrected chi connectivity index (χ3v) is 3.22. The van der Waals surface area contributed by atoms with Crippen molar-refractivity contribution in [3.8, 4) is 0 Å². The molecule has 5 nitrogen and oxygen atoms in total. The molecule has 1 radical (unpaired) electrons. The molecule has 0 bridgehead atoms. The van der Waals surface area contributed by atoms with Gasteiger partial charge in [0.1, 0.15) is 0 Å². The number of nitrogens with zero attached hydrogens (tertiary/aromatic N) is 3. The van der Waals surface area contributed by atoms with Crippen LogP contribution in [0.4, 0.5) is 15.8 Å². The van der Waals surface area contributed by atoms with Gasteiger partial charge in [-0.1, -0.05) is 0 Å². The number of piperidine rings is 1. The standard InChI is InChI=1S/C10H10BrFN3O2/c11-10-9(15(16)17)8(7(12)6-13-10)14-4-2-1-3-5-14/h1,6H,2-5H2. The molecule has 0 amide bonds. The highest BCUT2D eigenvalue weighted by Crippen LogP contribution is 2.37. The molecule has 1 aliphatic heterocycles. The van der Waals surface area contributed by atoms with Gasteiger partial charge in [-0.05, 0) is 35.2 Å². The van der Waals surface area contributed by atoms with E-state index in [1.807, 2.05) is 0 Å². The monoisotopic (exact) mass is 302 g/mol. The van der Waals surface area contributed by atoms with E-state index < -0.39 is 10.7 Å². The van der Waals surface area contributed by atoms with Crippen LogP contribution in [0.1, 0.15) is 12.8 Å². The normalized spacial score (nSPS) is 16.0. The summed E-state index contributed by atoms with van der Waals surface area (Å²) in [6, 6.07) is 0. The Morgan fingerprint density at radius 2 is 2.12 bits per heavy atom. The van der Waals surface area contributed by atoms with Crippen molar-refractivity contribution in [2.45, 2.75) is 12.8 Å². The highest BCUT2D eigenvalue weighted by molar-refractivity contribution is 9.10. The van der Waals surface area contributed by atoms with Gasteiger partial charge in [0.25, 0.3) is 0 Å². The van der Waals surface area contributed by atoms with Crippen LogP contribution >= 0.6 is 15.9 Å². The number of aromatic nitrogens is 1. The summed E-state index contributed by atoms with van der Waals surface area (Å²) in [6.07, 6.45) is 4.70. The lowest BCUT2D eigenvalue weighted by molar-refractivity contribution is -0.385. The lowest BCUT2D eigenvalue weighted by Crippen LogP contribution is -2.31. The van der Waals surface area contributed by atoms with Crippen molar-refractivity contribution < 1.29 is 9.31 Å². The first-order valence-corrected chi connectivity index (χ1v) is 5.95. The highest BCUT2D eigenvalue weighted by Gasteiger charge is 2.28. The fraction of sp³-hybridized carbons (Fsp3) is 0.400. The minimum Gasteiger partial charge on any atom is -0.363 e. The fourth-order valence-corrected chi connectivity index (χ4v) is 2.32. The molecule has 0 unspecified atom stereocenters. The number of anilines is 1. The molecule has 7 heteroatoms.